The van der Waals surface area contributed by atoms with Crippen LogP contribution in [0, 0.1) is 0 Å². The van der Waals surface area contributed by atoms with Gasteiger partial charge >= 0.3 is 5.97 Å². The summed E-state index contributed by atoms with van der Waals surface area (Å²) in [6.45, 7) is 1.43. The molecule has 1 amide bonds. The van der Waals surface area contributed by atoms with Gasteiger partial charge in [-0.05, 0) is 48.0 Å². The molecule has 1 N–H and O–H groups in total. The van der Waals surface area contributed by atoms with Crippen molar-refractivity contribution in [1.29, 1.82) is 0 Å². The van der Waals surface area contributed by atoms with Gasteiger partial charge in [-0.2, -0.15) is 0 Å². The number of nitrogens with one attached hydrogen (secondary N) is 1. The quantitative estimate of drug-likeness (QED) is 0.649. The maximum Gasteiger partial charge on any atom is 0.363 e. The van der Waals surface area contributed by atoms with Gasteiger partial charge < -0.3 is 19.5 Å². The molecular formula is C20H18N2O5. The monoisotopic (exact) mass is 366 g/mol. The van der Waals surface area contributed by atoms with Crippen molar-refractivity contribution in [3.63, 3.8) is 0 Å². The normalized spacial score (nSPS) is 14.6. The fourth-order valence-corrected chi connectivity index (χ4v) is 2.53. The van der Waals surface area contributed by atoms with Crippen LogP contribution in [-0.2, 0) is 14.3 Å². The molecule has 0 fully saturated rings. The Labute approximate surface area is 156 Å². The van der Waals surface area contributed by atoms with Crippen molar-refractivity contribution in [2.45, 2.75) is 6.92 Å². The molecule has 0 saturated carbocycles. The minimum absolute atomic E-state index is 0.160. The first kappa shape index (κ1) is 18.2. The van der Waals surface area contributed by atoms with Crippen LogP contribution >= 0.6 is 0 Å². The van der Waals surface area contributed by atoms with Crippen LogP contribution < -0.4 is 14.8 Å². The van der Waals surface area contributed by atoms with E-state index < -0.39 is 5.97 Å². The van der Waals surface area contributed by atoms with Crippen LogP contribution in [0.5, 0.6) is 11.5 Å². The number of anilines is 1. The van der Waals surface area contributed by atoms with Gasteiger partial charge in [-0.1, -0.05) is 6.07 Å². The minimum atomic E-state index is -0.536. The number of hydrogen-bond donors (Lipinski definition) is 1. The molecule has 0 aromatic heterocycles. The molecule has 7 heteroatoms. The van der Waals surface area contributed by atoms with E-state index in [2.05, 4.69) is 10.3 Å². The van der Waals surface area contributed by atoms with E-state index in [0.717, 1.165) is 5.56 Å². The number of rotatable bonds is 5. The van der Waals surface area contributed by atoms with Crippen LogP contribution in [0.2, 0.25) is 0 Å². The topological polar surface area (TPSA) is 86.2 Å². The minimum Gasteiger partial charge on any atom is -0.493 e. The van der Waals surface area contributed by atoms with Crippen molar-refractivity contribution in [3.8, 4) is 11.5 Å². The average Bonchev–Trinajstić information content (AvgIpc) is 3.02. The summed E-state index contributed by atoms with van der Waals surface area (Å²) in [4.78, 5) is 27.5. The van der Waals surface area contributed by atoms with Crippen LogP contribution in [0.15, 0.2) is 53.2 Å². The number of benzene rings is 2. The zero-order valence-corrected chi connectivity index (χ0v) is 15.1. The first-order chi connectivity index (χ1) is 13.0. The molecule has 0 aliphatic carbocycles. The molecule has 1 aliphatic rings. The van der Waals surface area contributed by atoms with Gasteiger partial charge in [0.15, 0.2) is 17.2 Å². The molecular weight excluding hydrogens is 348 g/mol. The highest BCUT2D eigenvalue weighted by atomic mass is 16.6. The van der Waals surface area contributed by atoms with Crippen LogP contribution in [0.4, 0.5) is 5.69 Å². The molecule has 138 valence electrons. The number of carbonyl (C=O) groups excluding carboxylic acids is 2. The summed E-state index contributed by atoms with van der Waals surface area (Å²) in [7, 11) is 3.09. The van der Waals surface area contributed by atoms with E-state index >= 15 is 0 Å². The summed E-state index contributed by atoms with van der Waals surface area (Å²) in [5.41, 5.74) is 2.19. The van der Waals surface area contributed by atoms with Crippen molar-refractivity contribution in [2.24, 2.45) is 4.99 Å². The van der Waals surface area contributed by atoms with Crippen molar-refractivity contribution < 1.29 is 23.8 Å². The van der Waals surface area contributed by atoms with Gasteiger partial charge in [0, 0.05) is 18.2 Å². The third kappa shape index (κ3) is 4.14. The second-order valence-corrected chi connectivity index (χ2v) is 5.71. The lowest BCUT2D eigenvalue weighted by Gasteiger charge is -2.07. The third-order valence-corrected chi connectivity index (χ3v) is 3.78. The number of amides is 1. The number of carbonyl (C=O) groups is 2. The predicted octanol–water partition coefficient (Wildman–Crippen LogP) is 3.01. The predicted molar refractivity (Wildman–Crippen MR) is 101 cm³/mol. The molecule has 1 heterocycles. The molecule has 1 aliphatic heterocycles. The molecule has 27 heavy (non-hydrogen) atoms. The van der Waals surface area contributed by atoms with Gasteiger partial charge in [0.05, 0.1) is 14.2 Å². The van der Waals surface area contributed by atoms with Gasteiger partial charge in [0.1, 0.15) is 0 Å². The smallest absolute Gasteiger partial charge is 0.363 e. The van der Waals surface area contributed by atoms with Crippen LogP contribution in [-0.4, -0.2) is 32.0 Å². The van der Waals surface area contributed by atoms with E-state index in [1.54, 1.807) is 62.8 Å². The highest BCUT2D eigenvalue weighted by molar-refractivity contribution is 6.13. The highest BCUT2D eigenvalue weighted by Gasteiger charge is 2.24. The summed E-state index contributed by atoms with van der Waals surface area (Å²) in [5, 5.41) is 2.67. The summed E-state index contributed by atoms with van der Waals surface area (Å²) in [5.74, 6) is 0.660. The van der Waals surface area contributed by atoms with Gasteiger partial charge in [-0.3, -0.25) is 4.79 Å². The number of hydrogen-bond acceptors (Lipinski definition) is 6. The molecule has 0 unspecified atom stereocenters. The van der Waals surface area contributed by atoms with Gasteiger partial charge in [-0.15, -0.1) is 0 Å². The van der Waals surface area contributed by atoms with Crippen molar-refractivity contribution in [3.05, 3.63) is 59.3 Å². The summed E-state index contributed by atoms with van der Waals surface area (Å²) in [6, 6.07) is 12.1. The molecule has 0 atom stereocenters. The lowest BCUT2D eigenvalue weighted by Crippen LogP contribution is -2.07. The standard InChI is InChI=1S/C20H18N2O5/c1-12(23)21-15-7-5-14(6-8-15)19-22-16(20(24)27-19)10-13-4-9-17(25-2)18(11-13)26-3/h4-11H,1-3H3,(H,21,23). The fraction of sp³-hybridized carbons (Fsp3) is 0.150. The first-order valence-electron chi connectivity index (χ1n) is 8.13. The average molecular weight is 366 g/mol. The molecule has 0 bridgehead atoms. The Kier molecular flexibility index (Phi) is 5.21. The van der Waals surface area contributed by atoms with E-state index in [4.69, 9.17) is 14.2 Å². The largest absolute Gasteiger partial charge is 0.493 e. The van der Waals surface area contributed by atoms with Crippen LogP contribution in [0.3, 0.4) is 0 Å². The Morgan fingerprint density at radius 1 is 1.07 bits per heavy atom. The Balaban J connectivity index is 1.85. The second-order valence-electron chi connectivity index (χ2n) is 5.71. The van der Waals surface area contributed by atoms with Crippen molar-refractivity contribution >= 4 is 29.5 Å². The molecule has 2 aromatic rings. The van der Waals surface area contributed by atoms with E-state index in [0.29, 0.717) is 22.7 Å². The molecule has 7 nitrogen and oxygen atoms in total. The second kappa shape index (κ2) is 7.74. The molecule has 2 aromatic carbocycles. The summed E-state index contributed by atoms with van der Waals surface area (Å²) < 4.78 is 15.7. The number of esters is 1. The van der Waals surface area contributed by atoms with Crippen LogP contribution in [0.1, 0.15) is 18.1 Å². The zero-order valence-electron chi connectivity index (χ0n) is 15.1. The fourth-order valence-electron chi connectivity index (χ4n) is 2.53. The maximum absolute atomic E-state index is 12.1. The van der Waals surface area contributed by atoms with Crippen LogP contribution in [0.25, 0.3) is 6.08 Å². The highest BCUT2D eigenvalue weighted by Crippen LogP contribution is 2.29. The maximum atomic E-state index is 12.1. The van der Waals surface area contributed by atoms with Crippen molar-refractivity contribution in [2.75, 3.05) is 19.5 Å². The van der Waals surface area contributed by atoms with Crippen molar-refractivity contribution in [1.82, 2.24) is 0 Å². The number of methoxy groups -OCH3 is 2. The Hall–Kier alpha value is -3.61. The third-order valence-electron chi connectivity index (χ3n) is 3.78. The molecule has 3 rings (SSSR count). The Bertz CT molecular complexity index is 945. The Morgan fingerprint density at radius 2 is 1.78 bits per heavy atom. The summed E-state index contributed by atoms with van der Waals surface area (Å²) in [6.07, 6.45) is 1.61. The lowest BCUT2D eigenvalue weighted by molar-refractivity contribution is -0.129. The molecule has 0 radical (unpaired) electrons. The SMILES string of the molecule is COc1ccc(C=C2N=C(c3ccc(NC(C)=O)cc3)OC2=O)cc1OC. The number of nitrogens with zero attached hydrogens (tertiary/aromatic N) is 1. The van der Waals surface area contributed by atoms with Gasteiger partial charge in [-0.25, -0.2) is 9.79 Å². The van der Waals surface area contributed by atoms with E-state index in [1.165, 1.54) is 6.92 Å². The molecule has 0 saturated heterocycles. The van der Waals surface area contributed by atoms with Gasteiger partial charge in [0.25, 0.3) is 0 Å². The van der Waals surface area contributed by atoms with E-state index in [-0.39, 0.29) is 17.5 Å². The number of aliphatic imine (C=N–C) groups is 1. The van der Waals surface area contributed by atoms with Gasteiger partial charge in [0.2, 0.25) is 11.8 Å². The van der Waals surface area contributed by atoms with E-state index in [9.17, 15) is 9.59 Å². The van der Waals surface area contributed by atoms with E-state index in [1.807, 2.05) is 0 Å². The lowest BCUT2D eigenvalue weighted by atomic mass is 10.1. The first-order valence-corrected chi connectivity index (χ1v) is 8.13. The molecule has 0 spiro atoms. The zero-order chi connectivity index (χ0) is 19.4. The Morgan fingerprint density at radius 3 is 2.41 bits per heavy atom. The number of cyclic esters (lactones) is 1. The number of ether oxygens (including phenoxy) is 3. The summed E-state index contributed by atoms with van der Waals surface area (Å²) >= 11 is 0.